The summed E-state index contributed by atoms with van der Waals surface area (Å²) in [6.45, 7) is 0.988. The molecule has 1 aliphatic rings. The number of benzene rings is 2. The van der Waals surface area contributed by atoms with E-state index in [1.807, 2.05) is 24.3 Å². The Bertz CT molecular complexity index is 919. The van der Waals surface area contributed by atoms with E-state index in [1.165, 1.54) is 24.0 Å². The van der Waals surface area contributed by atoms with Gasteiger partial charge in [-0.05, 0) is 65.0 Å². The Morgan fingerprint density at radius 1 is 1.15 bits per heavy atom. The van der Waals surface area contributed by atoms with Crippen molar-refractivity contribution in [1.29, 1.82) is 0 Å². The number of hydrogen-bond donors (Lipinski definition) is 1. The molecule has 0 aliphatic carbocycles. The highest BCUT2D eigenvalue weighted by Gasteiger charge is 2.21. The monoisotopic (exact) mass is 411 g/mol. The average molecular weight is 412 g/mol. The minimum atomic E-state index is 0.804. The molecule has 0 radical (unpaired) electrons. The third kappa shape index (κ3) is 3.36. The third-order valence-electron chi connectivity index (χ3n) is 4.80. The van der Waals surface area contributed by atoms with Crippen LogP contribution < -0.4 is 10.1 Å². The van der Waals surface area contributed by atoms with Gasteiger partial charge < -0.3 is 10.1 Å². The van der Waals surface area contributed by atoms with Crippen LogP contribution in [-0.4, -0.2) is 23.4 Å². The van der Waals surface area contributed by atoms with Gasteiger partial charge in [0.2, 0.25) is 0 Å². The molecular formula is C21H22BrN3O. The minimum Gasteiger partial charge on any atom is -0.497 e. The predicted molar refractivity (Wildman–Crippen MR) is 108 cm³/mol. The summed E-state index contributed by atoms with van der Waals surface area (Å²) >= 11 is 3.67. The first-order chi connectivity index (χ1) is 12.8. The van der Waals surface area contributed by atoms with Crippen molar-refractivity contribution in [1.82, 2.24) is 9.78 Å². The molecule has 2 heterocycles. The maximum atomic E-state index is 5.37. The molecule has 0 atom stereocenters. The number of para-hydroxylation sites is 1. The molecule has 1 aromatic heterocycles. The van der Waals surface area contributed by atoms with Crippen molar-refractivity contribution < 1.29 is 4.74 Å². The largest absolute Gasteiger partial charge is 0.497 e. The normalized spacial score (nSPS) is 13.6. The quantitative estimate of drug-likeness (QED) is 0.657. The fraction of sp³-hybridized carbons (Fsp3) is 0.286. The van der Waals surface area contributed by atoms with E-state index in [4.69, 9.17) is 9.84 Å². The van der Waals surface area contributed by atoms with Crippen LogP contribution in [0.15, 0.2) is 53.0 Å². The molecule has 1 N–H and O–H groups in total. The maximum absolute atomic E-state index is 5.37. The molecule has 0 unspecified atom stereocenters. The molecular weight excluding hydrogens is 390 g/mol. The van der Waals surface area contributed by atoms with Gasteiger partial charge in [0.25, 0.3) is 0 Å². The van der Waals surface area contributed by atoms with Crippen LogP contribution in [0, 0.1) is 0 Å². The fourth-order valence-corrected chi connectivity index (χ4v) is 3.94. The zero-order valence-electron chi connectivity index (χ0n) is 14.8. The Hall–Kier alpha value is -2.27. The van der Waals surface area contributed by atoms with Crippen molar-refractivity contribution in [2.75, 3.05) is 19.0 Å². The van der Waals surface area contributed by atoms with Gasteiger partial charge >= 0.3 is 0 Å². The van der Waals surface area contributed by atoms with E-state index in [2.05, 4.69) is 50.2 Å². The summed E-state index contributed by atoms with van der Waals surface area (Å²) in [5.41, 5.74) is 4.75. The summed E-state index contributed by atoms with van der Waals surface area (Å²) in [5.74, 6) is 2.02. The number of halogens is 1. The van der Waals surface area contributed by atoms with Crippen molar-refractivity contribution in [3.63, 3.8) is 0 Å². The number of nitrogens with one attached hydrogen (secondary N) is 1. The summed E-state index contributed by atoms with van der Waals surface area (Å²) in [6.07, 6.45) is 4.24. The smallest absolute Gasteiger partial charge is 0.133 e. The van der Waals surface area contributed by atoms with Gasteiger partial charge in [0.05, 0.1) is 18.5 Å². The topological polar surface area (TPSA) is 39.1 Å². The summed E-state index contributed by atoms with van der Waals surface area (Å²) in [5, 5.41) is 8.60. The zero-order chi connectivity index (χ0) is 17.9. The molecule has 0 saturated carbocycles. The molecule has 3 aromatic rings. The highest BCUT2D eigenvalue weighted by atomic mass is 79.9. The van der Waals surface area contributed by atoms with Crippen molar-refractivity contribution >= 4 is 21.7 Å². The van der Waals surface area contributed by atoms with E-state index in [0.717, 1.165) is 46.8 Å². The van der Waals surface area contributed by atoms with E-state index in [-0.39, 0.29) is 0 Å². The van der Waals surface area contributed by atoms with Crippen LogP contribution in [0.4, 0.5) is 5.82 Å². The molecule has 0 spiro atoms. The van der Waals surface area contributed by atoms with Crippen molar-refractivity contribution in [2.45, 2.75) is 25.7 Å². The molecule has 4 nitrogen and oxygen atoms in total. The Morgan fingerprint density at radius 3 is 2.88 bits per heavy atom. The van der Waals surface area contributed by atoms with E-state index in [9.17, 15) is 0 Å². The molecule has 0 fully saturated rings. The highest BCUT2D eigenvalue weighted by molar-refractivity contribution is 9.10. The van der Waals surface area contributed by atoms with Crippen LogP contribution >= 0.6 is 15.9 Å². The molecule has 4 rings (SSSR count). The number of aromatic nitrogens is 2. The molecule has 26 heavy (non-hydrogen) atoms. The lowest BCUT2D eigenvalue weighted by Crippen LogP contribution is -2.07. The second-order valence-corrected chi connectivity index (χ2v) is 7.40. The molecule has 5 heteroatoms. The highest BCUT2D eigenvalue weighted by Crippen LogP contribution is 2.32. The van der Waals surface area contributed by atoms with Gasteiger partial charge in [-0.2, -0.15) is 5.10 Å². The van der Waals surface area contributed by atoms with Gasteiger partial charge in [0.15, 0.2) is 0 Å². The van der Waals surface area contributed by atoms with Gasteiger partial charge in [-0.15, -0.1) is 0 Å². The zero-order valence-corrected chi connectivity index (χ0v) is 16.4. The number of methoxy groups -OCH3 is 1. The van der Waals surface area contributed by atoms with E-state index >= 15 is 0 Å². The maximum Gasteiger partial charge on any atom is 0.133 e. The number of rotatable bonds is 4. The van der Waals surface area contributed by atoms with Gasteiger partial charge in [0.1, 0.15) is 11.6 Å². The Kier molecular flexibility index (Phi) is 4.98. The lowest BCUT2D eigenvalue weighted by atomic mass is 10.0. The lowest BCUT2D eigenvalue weighted by molar-refractivity contribution is 0.414. The van der Waals surface area contributed by atoms with Gasteiger partial charge in [0, 0.05) is 23.0 Å². The molecule has 0 amide bonds. The molecule has 1 aliphatic heterocycles. The second kappa shape index (κ2) is 7.54. The fourth-order valence-electron chi connectivity index (χ4n) is 3.49. The van der Waals surface area contributed by atoms with Crippen LogP contribution in [-0.2, 0) is 12.8 Å². The molecule has 0 saturated heterocycles. The standard InChI is InChI=1S/C21H22BrN3O/c1-26-16-8-6-7-15(13-16)14-19-17-9-4-5-12-23-21(17)25(24-19)20-11-3-2-10-18(20)22/h2-3,6-8,10-11,13,23H,4-5,9,12,14H2,1H3. The van der Waals surface area contributed by atoms with Crippen LogP contribution in [0.1, 0.15) is 29.7 Å². The van der Waals surface area contributed by atoms with Gasteiger partial charge in [-0.25, -0.2) is 4.68 Å². The predicted octanol–water partition coefficient (Wildman–Crippen LogP) is 4.98. The summed E-state index contributed by atoms with van der Waals surface area (Å²) in [7, 11) is 1.71. The Morgan fingerprint density at radius 2 is 2.04 bits per heavy atom. The first-order valence-electron chi connectivity index (χ1n) is 8.99. The molecule has 134 valence electrons. The van der Waals surface area contributed by atoms with E-state index < -0.39 is 0 Å². The molecule has 2 aromatic carbocycles. The van der Waals surface area contributed by atoms with Crippen LogP contribution in [0.3, 0.4) is 0 Å². The molecule has 0 bridgehead atoms. The summed E-state index contributed by atoms with van der Waals surface area (Å²) in [6, 6.07) is 16.5. The van der Waals surface area contributed by atoms with Crippen LogP contribution in [0.2, 0.25) is 0 Å². The summed E-state index contributed by atoms with van der Waals surface area (Å²) in [4.78, 5) is 0. The number of nitrogens with zero attached hydrogens (tertiary/aromatic N) is 2. The first-order valence-corrected chi connectivity index (χ1v) is 9.78. The van der Waals surface area contributed by atoms with Crippen LogP contribution in [0.25, 0.3) is 5.69 Å². The van der Waals surface area contributed by atoms with Crippen molar-refractivity contribution in [2.24, 2.45) is 0 Å². The average Bonchev–Trinajstić information content (AvgIpc) is 2.84. The Balaban J connectivity index is 1.78. The number of anilines is 1. The Labute approximate surface area is 162 Å². The van der Waals surface area contributed by atoms with Crippen molar-refractivity contribution in [3.8, 4) is 11.4 Å². The summed E-state index contributed by atoms with van der Waals surface area (Å²) < 4.78 is 8.47. The van der Waals surface area contributed by atoms with Crippen LogP contribution in [0.5, 0.6) is 5.75 Å². The number of fused-ring (bicyclic) bond motifs is 1. The van der Waals surface area contributed by atoms with E-state index in [0.29, 0.717) is 0 Å². The lowest BCUT2D eigenvalue weighted by Gasteiger charge is -2.10. The number of hydrogen-bond acceptors (Lipinski definition) is 3. The third-order valence-corrected chi connectivity index (χ3v) is 5.47. The van der Waals surface area contributed by atoms with E-state index in [1.54, 1.807) is 7.11 Å². The number of ether oxygens (including phenoxy) is 1. The minimum absolute atomic E-state index is 0.804. The van der Waals surface area contributed by atoms with Crippen molar-refractivity contribution in [3.05, 3.63) is 69.8 Å². The second-order valence-electron chi connectivity index (χ2n) is 6.55. The SMILES string of the molecule is COc1cccc(Cc2nn(-c3ccccc3Br)c3c2CCCCN3)c1. The van der Waals surface area contributed by atoms with Gasteiger partial charge in [-0.1, -0.05) is 24.3 Å². The first kappa shape index (κ1) is 17.2. The van der Waals surface area contributed by atoms with Gasteiger partial charge in [-0.3, -0.25) is 0 Å².